The number of hydrogen-bond donors (Lipinski definition) is 0. The van der Waals surface area contributed by atoms with Crippen LogP contribution in [-0.2, 0) is 11.2 Å². The molecular formula is C14H16ClFO. The molecule has 0 heterocycles. The second-order valence-corrected chi connectivity index (χ2v) is 5.46. The van der Waals surface area contributed by atoms with Crippen molar-refractivity contribution in [2.75, 3.05) is 0 Å². The molecule has 92 valence electrons. The van der Waals surface area contributed by atoms with Gasteiger partial charge in [0.1, 0.15) is 11.6 Å². The van der Waals surface area contributed by atoms with E-state index in [1.807, 2.05) is 6.92 Å². The van der Waals surface area contributed by atoms with Gasteiger partial charge in [0.05, 0.1) is 5.02 Å². The van der Waals surface area contributed by atoms with Gasteiger partial charge in [-0.05, 0) is 24.5 Å². The summed E-state index contributed by atoms with van der Waals surface area (Å²) in [7, 11) is 0. The van der Waals surface area contributed by atoms with Crippen LogP contribution in [0.25, 0.3) is 0 Å². The number of carbonyl (C=O) groups excluding carboxylic acids is 1. The maximum absolute atomic E-state index is 13.3. The van der Waals surface area contributed by atoms with Crippen LogP contribution in [0.1, 0.15) is 38.2 Å². The van der Waals surface area contributed by atoms with Crippen molar-refractivity contribution in [3.63, 3.8) is 0 Å². The van der Waals surface area contributed by atoms with Gasteiger partial charge in [-0.2, -0.15) is 0 Å². The van der Waals surface area contributed by atoms with Gasteiger partial charge < -0.3 is 0 Å². The Morgan fingerprint density at radius 2 is 2.06 bits per heavy atom. The standard InChI is InChI=1S/C14H16ClFO/c1-14(7-2-3-8-14)12(17)9-10-5-4-6-11(16)13(10)15/h4-6H,2-3,7-9H2,1H3. The van der Waals surface area contributed by atoms with Gasteiger partial charge in [0.25, 0.3) is 0 Å². The van der Waals surface area contributed by atoms with Crippen LogP contribution in [0.15, 0.2) is 18.2 Å². The summed E-state index contributed by atoms with van der Waals surface area (Å²) in [5, 5.41) is 0.0856. The molecule has 0 radical (unpaired) electrons. The van der Waals surface area contributed by atoms with Crippen LogP contribution < -0.4 is 0 Å². The molecule has 3 heteroatoms. The highest BCUT2D eigenvalue weighted by Crippen LogP contribution is 2.39. The van der Waals surface area contributed by atoms with Crippen molar-refractivity contribution < 1.29 is 9.18 Å². The molecular weight excluding hydrogens is 239 g/mol. The largest absolute Gasteiger partial charge is 0.299 e. The molecule has 1 fully saturated rings. The molecule has 0 aliphatic heterocycles. The molecule has 0 aromatic heterocycles. The minimum absolute atomic E-state index is 0.0856. The number of hydrogen-bond acceptors (Lipinski definition) is 1. The van der Waals surface area contributed by atoms with E-state index in [0.717, 1.165) is 25.7 Å². The number of carbonyl (C=O) groups is 1. The first kappa shape index (κ1) is 12.6. The van der Waals surface area contributed by atoms with Crippen LogP contribution in [0.5, 0.6) is 0 Å². The molecule has 0 amide bonds. The van der Waals surface area contributed by atoms with Crippen molar-refractivity contribution in [2.45, 2.75) is 39.0 Å². The summed E-state index contributed by atoms with van der Waals surface area (Å²) >= 11 is 5.86. The van der Waals surface area contributed by atoms with Crippen molar-refractivity contribution >= 4 is 17.4 Å². The summed E-state index contributed by atoms with van der Waals surface area (Å²) < 4.78 is 13.3. The molecule has 0 spiro atoms. The molecule has 1 saturated carbocycles. The minimum atomic E-state index is -0.450. The van der Waals surface area contributed by atoms with E-state index in [4.69, 9.17) is 11.6 Å². The summed E-state index contributed by atoms with van der Waals surface area (Å²) in [5.41, 5.74) is 0.375. The molecule has 0 unspecified atom stereocenters. The zero-order valence-corrected chi connectivity index (χ0v) is 10.7. The maximum Gasteiger partial charge on any atom is 0.143 e. The van der Waals surface area contributed by atoms with E-state index in [9.17, 15) is 9.18 Å². The first-order valence-electron chi connectivity index (χ1n) is 5.99. The normalized spacial score (nSPS) is 18.3. The van der Waals surface area contributed by atoms with Crippen LogP contribution in [0, 0.1) is 11.2 Å². The molecule has 0 saturated heterocycles. The zero-order valence-electron chi connectivity index (χ0n) is 9.93. The molecule has 1 nitrogen and oxygen atoms in total. The fourth-order valence-corrected chi connectivity index (χ4v) is 2.70. The van der Waals surface area contributed by atoms with Crippen LogP contribution in [0.2, 0.25) is 5.02 Å². The molecule has 17 heavy (non-hydrogen) atoms. The van der Waals surface area contributed by atoms with E-state index in [1.54, 1.807) is 12.1 Å². The van der Waals surface area contributed by atoms with Crippen molar-refractivity contribution in [1.29, 1.82) is 0 Å². The average molecular weight is 255 g/mol. The molecule has 1 aromatic carbocycles. The fourth-order valence-electron chi connectivity index (χ4n) is 2.51. The molecule has 0 atom stereocenters. The number of rotatable bonds is 3. The van der Waals surface area contributed by atoms with Gasteiger partial charge in [0, 0.05) is 11.8 Å². The first-order chi connectivity index (χ1) is 8.03. The lowest BCUT2D eigenvalue weighted by Gasteiger charge is -2.21. The molecule has 2 rings (SSSR count). The lowest BCUT2D eigenvalue weighted by atomic mass is 9.81. The van der Waals surface area contributed by atoms with E-state index in [0.29, 0.717) is 5.56 Å². The minimum Gasteiger partial charge on any atom is -0.299 e. The van der Waals surface area contributed by atoms with Crippen molar-refractivity contribution in [3.8, 4) is 0 Å². The van der Waals surface area contributed by atoms with Gasteiger partial charge in [-0.3, -0.25) is 4.79 Å². The van der Waals surface area contributed by atoms with Crippen molar-refractivity contribution in [1.82, 2.24) is 0 Å². The summed E-state index contributed by atoms with van der Waals surface area (Å²) in [4.78, 5) is 12.2. The van der Waals surface area contributed by atoms with Gasteiger partial charge in [-0.15, -0.1) is 0 Å². The monoisotopic (exact) mass is 254 g/mol. The lowest BCUT2D eigenvalue weighted by molar-refractivity contribution is -0.126. The average Bonchev–Trinajstić information content (AvgIpc) is 2.73. The third-order valence-corrected chi connectivity index (χ3v) is 4.19. The van der Waals surface area contributed by atoms with Gasteiger partial charge in [-0.25, -0.2) is 4.39 Å². The van der Waals surface area contributed by atoms with Crippen LogP contribution in [-0.4, -0.2) is 5.78 Å². The van der Waals surface area contributed by atoms with Gasteiger partial charge in [0.2, 0.25) is 0 Å². The first-order valence-corrected chi connectivity index (χ1v) is 6.37. The predicted octanol–water partition coefficient (Wildman–Crippen LogP) is 4.17. The van der Waals surface area contributed by atoms with E-state index in [2.05, 4.69) is 0 Å². The summed E-state index contributed by atoms with van der Waals surface area (Å²) in [6.07, 6.45) is 4.35. The smallest absolute Gasteiger partial charge is 0.143 e. The van der Waals surface area contributed by atoms with Gasteiger partial charge >= 0.3 is 0 Å². The lowest BCUT2D eigenvalue weighted by Crippen LogP contribution is -2.26. The topological polar surface area (TPSA) is 17.1 Å². The van der Waals surface area contributed by atoms with Crippen LogP contribution in [0.4, 0.5) is 4.39 Å². The predicted molar refractivity (Wildman–Crippen MR) is 66.7 cm³/mol. The Hall–Kier alpha value is -0.890. The zero-order chi connectivity index (χ0) is 12.5. The highest BCUT2D eigenvalue weighted by Gasteiger charge is 2.35. The van der Waals surface area contributed by atoms with Crippen molar-refractivity contribution in [2.24, 2.45) is 5.41 Å². The van der Waals surface area contributed by atoms with Crippen LogP contribution >= 0.6 is 11.6 Å². The SMILES string of the molecule is CC1(C(=O)Cc2cccc(F)c2Cl)CCCC1. The number of Topliss-reactive ketones (excluding diaryl/α,β-unsaturated/α-hetero) is 1. The molecule has 0 N–H and O–H groups in total. The Bertz CT molecular complexity index is 436. The molecule has 1 aliphatic rings. The van der Waals surface area contributed by atoms with Gasteiger partial charge in [0.15, 0.2) is 0 Å². The second-order valence-electron chi connectivity index (χ2n) is 5.08. The van der Waals surface area contributed by atoms with E-state index >= 15 is 0 Å². The fraction of sp³-hybridized carbons (Fsp3) is 0.500. The Kier molecular flexibility index (Phi) is 3.53. The Morgan fingerprint density at radius 1 is 1.41 bits per heavy atom. The van der Waals surface area contributed by atoms with Crippen LogP contribution in [0.3, 0.4) is 0 Å². The molecule has 0 bridgehead atoms. The highest BCUT2D eigenvalue weighted by atomic mass is 35.5. The second kappa shape index (κ2) is 4.77. The highest BCUT2D eigenvalue weighted by molar-refractivity contribution is 6.31. The summed E-state index contributed by atoms with van der Waals surface area (Å²) in [6, 6.07) is 4.63. The third kappa shape index (κ3) is 2.52. The number of benzene rings is 1. The van der Waals surface area contributed by atoms with E-state index in [-0.39, 0.29) is 22.6 Å². The van der Waals surface area contributed by atoms with Gasteiger partial charge in [-0.1, -0.05) is 43.5 Å². The number of halogens is 2. The van der Waals surface area contributed by atoms with E-state index < -0.39 is 5.82 Å². The Morgan fingerprint density at radius 3 is 2.71 bits per heavy atom. The molecule has 1 aliphatic carbocycles. The molecule has 1 aromatic rings. The summed E-state index contributed by atoms with van der Waals surface area (Å²) in [6.45, 7) is 2.01. The number of ketones is 1. The maximum atomic E-state index is 13.3. The van der Waals surface area contributed by atoms with Crippen molar-refractivity contribution in [3.05, 3.63) is 34.6 Å². The summed E-state index contributed by atoms with van der Waals surface area (Å²) in [5.74, 6) is -0.268. The quantitative estimate of drug-likeness (QED) is 0.791. The van der Waals surface area contributed by atoms with E-state index in [1.165, 1.54) is 6.07 Å². The Labute approximate surface area is 106 Å². The third-order valence-electron chi connectivity index (χ3n) is 3.76. The Balaban J connectivity index is 2.16.